The molecule has 0 heterocycles. The minimum Gasteiger partial charge on any atom is -0.329 e. The highest BCUT2D eigenvalue weighted by molar-refractivity contribution is 7.89. The molecule has 1 unspecified atom stereocenters. The van der Waals surface area contributed by atoms with Gasteiger partial charge in [-0.1, -0.05) is 13.3 Å². The maximum atomic E-state index is 12.4. The van der Waals surface area contributed by atoms with Crippen molar-refractivity contribution in [2.24, 2.45) is 5.73 Å². The van der Waals surface area contributed by atoms with Crippen molar-refractivity contribution in [2.45, 2.75) is 44.6 Å². The zero-order chi connectivity index (χ0) is 16.2. The Labute approximate surface area is 124 Å². The fourth-order valence-corrected chi connectivity index (χ4v) is 3.67. The number of benzene rings is 1. The van der Waals surface area contributed by atoms with E-state index < -0.39 is 14.9 Å². The summed E-state index contributed by atoms with van der Waals surface area (Å²) in [6.45, 7) is 5.39. The van der Waals surface area contributed by atoms with Gasteiger partial charge in [-0.05, 0) is 31.4 Å². The van der Waals surface area contributed by atoms with Crippen LogP contribution in [-0.2, 0) is 10.0 Å². The number of nitrogens with two attached hydrogens (primary N) is 1. The van der Waals surface area contributed by atoms with E-state index in [1.54, 1.807) is 13.8 Å². The molecule has 0 saturated carbocycles. The zero-order valence-electron chi connectivity index (χ0n) is 12.4. The van der Waals surface area contributed by atoms with Crippen LogP contribution in [0.4, 0.5) is 5.69 Å². The topological polar surface area (TPSA) is 115 Å². The lowest BCUT2D eigenvalue weighted by atomic mass is 10.1. The van der Waals surface area contributed by atoms with E-state index in [1.165, 1.54) is 6.07 Å². The predicted molar refractivity (Wildman–Crippen MR) is 80.6 cm³/mol. The molecule has 21 heavy (non-hydrogen) atoms. The van der Waals surface area contributed by atoms with Gasteiger partial charge in [0.15, 0.2) is 0 Å². The Morgan fingerprint density at radius 2 is 2.00 bits per heavy atom. The molecule has 0 aliphatic carbocycles. The van der Waals surface area contributed by atoms with Crippen molar-refractivity contribution >= 4 is 15.7 Å². The molecule has 0 bridgehead atoms. The summed E-state index contributed by atoms with van der Waals surface area (Å²) >= 11 is 0. The molecular formula is C13H21N3O4S. The number of sulfonamides is 1. The van der Waals surface area contributed by atoms with Gasteiger partial charge in [0.2, 0.25) is 10.0 Å². The SMILES string of the molecule is CCCC(CN)NS(=O)(=O)c1cc([N+](=O)[O-])cc(C)c1C. The van der Waals surface area contributed by atoms with Gasteiger partial charge >= 0.3 is 0 Å². The van der Waals surface area contributed by atoms with Gasteiger partial charge in [0, 0.05) is 24.7 Å². The largest absolute Gasteiger partial charge is 0.329 e. The van der Waals surface area contributed by atoms with Crippen LogP contribution in [0.5, 0.6) is 0 Å². The summed E-state index contributed by atoms with van der Waals surface area (Å²) in [4.78, 5) is 10.2. The first-order chi connectivity index (χ1) is 9.72. The molecule has 0 radical (unpaired) electrons. The second-order valence-corrected chi connectivity index (χ2v) is 6.67. The minimum absolute atomic E-state index is 0.0660. The van der Waals surface area contributed by atoms with Crippen LogP contribution in [0.3, 0.4) is 0 Å². The summed E-state index contributed by atoms with van der Waals surface area (Å²) in [5.41, 5.74) is 6.38. The summed E-state index contributed by atoms with van der Waals surface area (Å²) in [5, 5.41) is 10.9. The van der Waals surface area contributed by atoms with Gasteiger partial charge in [-0.25, -0.2) is 13.1 Å². The van der Waals surface area contributed by atoms with Crippen molar-refractivity contribution in [3.63, 3.8) is 0 Å². The summed E-state index contributed by atoms with van der Waals surface area (Å²) in [7, 11) is -3.84. The third-order valence-electron chi connectivity index (χ3n) is 3.35. The van der Waals surface area contributed by atoms with Crippen molar-refractivity contribution in [1.29, 1.82) is 0 Å². The van der Waals surface area contributed by atoms with Gasteiger partial charge in [0.05, 0.1) is 9.82 Å². The summed E-state index contributed by atoms with van der Waals surface area (Å²) in [5.74, 6) is 0. The summed E-state index contributed by atoms with van der Waals surface area (Å²) in [6.07, 6.45) is 1.40. The Balaban J connectivity index is 3.27. The Kier molecular flexibility index (Phi) is 5.82. The highest BCUT2D eigenvalue weighted by atomic mass is 32.2. The third-order valence-corrected chi connectivity index (χ3v) is 4.99. The molecule has 0 amide bonds. The number of hydrogen-bond acceptors (Lipinski definition) is 5. The van der Waals surface area contributed by atoms with Gasteiger partial charge in [-0.3, -0.25) is 10.1 Å². The molecule has 0 spiro atoms. The first kappa shape index (κ1) is 17.5. The quantitative estimate of drug-likeness (QED) is 0.586. The van der Waals surface area contributed by atoms with Crippen LogP contribution in [0.25, 0.3) is 0 Å². The van der Waals surface area contributed by atoms with Crippen LogP contribution < -0.4 is 10.5 Å². The lowest BCUT2D eigenvalue weighted by Gasteiger charge is -2.17. The van der Waals surface area contributed by atoms with Crippen LogP contribution in [-0.4, -0.2) is 25.9 Å². The first-order valence-electron chi connectivity index (χ1n) is 6.71. The fourth-order valence-electron chi connectivity index (χ4n) is 2.05. The van der Waals surface area contributed by atoms with Crippen LogP contribution in [0, 0.1) is 24.0 Å². The number of hydrogen-bond donors (Lipinski definition) is 2. The van der Waals surface area contributed by atoms with E-state index in [9.17, 15) is 18.5 Å². The van der Waals surface area contributed by atoms with Crippen molar-refractivity contribution in [2.75, 3.05) is 6.54 Å². The average molecular weight is 315 g/mol. The van der Waals surface area contributed by atoms with Crippen LogP contribution >= 0.6 is 0 Å². The number of aryl methyl sites for hydroxylation is 1. The first-order valence-corrected chi connectivity index (χ1v) is 8.19. The van der Waals surface area contributed by atoms with E-state index >= 15 is 0 Å². The molecule has 3 N–H and O–H groups in total. The highest BCUT2D eigenvalue weighted by Gasteiger charge is 2.24. The van der Waals surface area contributed by atoms with E-state index in [0.29, 0.717) is 17.5 Å². The summed E-state index contributed by atoms with van der Waals surface area (Å²) in [6, 6.07) is 2.07. The van der Waals surface area contributed by atoms with Crippen molar-refractivity contribution in [1.82, 2.24) is 4.72 Å². The van der Waals surface area contributed by atoms with Gasteiger partial charge in [-0.15, -0.1) is 0 Å². The monoisotopic (exact) mass is 315 g/mol. The number of nitrogens with zero attached hydrogens (tertiary/aromatic N) is 1. The molecule has 1 aromatic carbocycles. The molecular weight excluding hydrogens is 294 g/mol. The van der Waals surface area contributed by atoms with E-state index in [2.05, 4.69) is 4.72 Å². The second-order valence-electron chi connectivity index (χ2n) is 4.99. The number of nitrogens with one attached hydrogen (secondary N) is 1. The molecule has 118 valence electrons. The average Bonchev–Trinajstić information content (AvgIpc) is 2.40. The Hall–Kier alpha value is -1.51. The van der Waals surface area contributed by atoms with Gasteiger partial charge in [0.25, 0.3) is 5.69 Å². The molecule has 0 aliphatic rings. The smallest absolute Gasteiger partial charge is 0.271 e. The zero-order valence-corrected chi connectivity index (χ0v) is 13.2. The third kappa shape index (κ3) is 4.23. The van der Waals surface area contributed by atoms with Crippen LogP contribution in [0.1, 0.15) is 30.9 Å². The predicted octanol–water partition coefficient (Wildman–Crippen LogP) is 1.62. The maximum absolute atomic E-state index is 12.4. The molecule has 1 rings (SSSR count). The molecule has 0 fully saturated rings. The Morgan fingerprint density at radius 1 is 1.38 bits per heavy atom. The number of non-ortho nitro benzene ring substituents is 1. The molecule has 1 aromatic rings. The fraction of sp³-hybridized carbons (Fsp3) is 0.538. The number of nitro groups is 1. The Morgan fingerprint density at radius 3 is 2.48 bits per heavy atom. The van der Waals surface area contributed by atoms with Crippen LogP contribution in [0.15, 0.2) is 17.0 Å². The number of nitro benzene ring substituents is 1. The van der Waals surface area contributed by atoms with Crippen molar-refractivity contribution < 1.29 is 13.3 Å². The van der Waals surface area contributed by atoms with E-state index in [-0.39, 0.29) is 23.2 Å². The molecule has 0 aliphatic heterocycles. The molecule has 0 saturated heterocycles. The lowest BCUT2D eigenvalue weighted by molar-refractivity contribution is -0.385. The van der Waals surface area contributed by atoms with E-state index in [1.807, 2.05) is 6.92 Å². The van der Waals surface area contributed by atoms with Crippen molar-refractivity contribution in [3.05, 3.63) is 33.4 Å². The normalized spacial score (nSPS) is 13.1. The van der Waals surface area contributed by atoms with E-state index in [4.69, 9.17) is 5.73 Å². The molecule has 1 atom stereocenters. The molecule has 7 nitrogen and oxygen atoms in total. The molecule has 8 heteroatoms. The van der Waals surface area contributed by atoms with Gasteiger partial charge < -0.3 is 5.73 Å². The molecule has 0 aromatic heterocycles. The second kappa shape index (κ2) is 6.97. The highest BCUT2D eigenvalue weighted by Crippen LogP contribution is 2.25. The van der Waals surface area contributed by atoms with Crippen molar-refractivity contribution in [3.8, 4) is 0 Å². The van der Waals surface area contributed by atoms with Gasteiger partial charge in [0.1, 0.15) is 0 Å². The van der Waals surface area contributed by atoms with Crippen LogP contribution in [0.2, 0.25) is 0 Å². The van der Waals surface area contributed by atoms with E-state index in [0.717, 1.165) is 12.5 Å². The van der Waals surface area contributed by atoms with Gasteiger partial charge in [-0.2, -0.15) is 0 Å². The minimum atomic E-state index is -3.84. The maximum Gasteiger partial charge on any atom is 0.271 e. The lowest BCUT2D eigenvalue weighted by Crippen LogP contribution is -2.40. The standard InChI is InChI=1S/C13H21N3O4S/c1-4-5-11(8-14)15-21(19,20)13-7-12(16(17)18)6-9(2)10(13)3/h6-7,11,15H,4-5,8,14H2,1-3H3. The summed E-state index contributed by atoms with van der Waals surface area (Å²) < 4.78 is 27.4. The Bertz CT molecular complexity index is 629. The number of rotatable bonds is 7.